The minimum absolute atomic E-state index is 0.0165. The number of anilines is 1. The molecule has 0 heterocycles. The molecule has 0 radical (unpaired) electrons. The molecule has 1 fully saturated rings. The number of aliphatic hydroxyl groups excluding tert-OH is 1. The molecule has 9 heteroatoms. The zero-order chi connectivity index (χ0) is 21.3. The van der Waals surface area contributed by atoms with Crippen LogP contribution in [0, 0.1) is 39.9 Å². The van der Waals surface area contributed by atoms with Crippen LogP contribution in [0.25, 0.3) is 0 Å². The summed E-state index contributed by atoms with van der Waals surface area (Å²) >= 11 is 0. The topological polar surface area (TPSA) is 119 Å². The maximum absolute atomic E-state index is 14.6. The number of nitrogens with one attached hydrogen (secondary N) is 1. The minimum Gasteiger partial charge on any atom is -0.386 e. The van der Waals surface area contributed by atoms with E-state index in [1.807, 2.05) is 0 Å². The largest absolute Gasteiger partial charge is 0.386 e. The van der Waals surface area contributed by atoms with E-state index in [2.05, 4.69) is 5.32 Å². The number of halogens is 1. The van der Waals surface area contributed by atoms with Crippen LogP contribution in [0.3, 0.4) is 0 Å². The second-order valence-electron chi connectivity index (χ2n) is 7.51. The van der Waals surface area contributed by atoms with Gasteiger partial charge in [-0.15, -0.1) is 0 Å². The summed E-state index contributed by atoms with van der Waals surface area (Å²) in [5, 5.41) is 36.7. The second-order valence-corrected chi connectivity index (χ2v) is 7.51. The molecule has 154 valence electrons. The number of hydrogen-bond acceptors (Lipinski definition) is 6. The van der Waals surface area contributed by atoms with Gasteiger partial charge in [0.05, 0.1) is 15.4 Å². The molecule has 1 aliphatic carbocycles. The number of nitro groups is 2. The molecular formula is C20H22FN3O5. The Hall–Kier alpha value is -3.07. The first-order valence-electron chi connectivity index (χ1n) is 9.31. The van der Waals surface area contributed by atoms with E-state index >= 15 is 0 Å². The summed E-state index contributed by atoms with van der Waals surface area (Å²) in [5.41, 5.74) is -0.166. The van der Waals surface area contributed by atoms with Crippen molar-refractivity contribution in [3.8, 4) is 0 Å². The lowest BCUT2D eigenvalue weighted by Gasteiger charge is -2.37. The van der Waals surface area contributed by atoms with Crippen LogP contribution in [0.4, 0.5) is 21.5 Å². The number of hydrogen-bond donors (Lipinski definition) is 2. The third kappa shape index (κ3) is 3.77. The average Bonchev–Trinajstić information content (AvgIpc) is 3.10. The Morgan fingerprint density at radius 3 is 2.21 bits per heavy atom. The van der Waals surface area contributed by atoms with Crippen molar-refractivity contribution in [3.63, 3.8) is 0 Å². The quantitative estimate of drug-likeness (QED) is 0.532. The molecule has 29 heavy (non-hydrogen) atoms. The van der Waals surface area contributed by atoms with Crippen LogP contribution in [-0.2, 0) is 0 Å². The van der Waals surface area contributed by atoms with Gasteiger partial charge < -0.3 is 10.4 Å². The number of nitrogens with zero attached hydrogens (tertiary/aromatic N) is 2. The molecule has 0 saturated heterocycles. The second kappa shape index (κ2) is 7.75. The standard InChI is InChI=1S/C20H22FN3O5/c1-12-11-14(5-7-16(12)23(26)27)22-20(9-3-4-10-20)19(25)18-13(2)17(24(28)29)8-6-15(18)21/h5-8,11,19,22,25H,3-4,9-10H2,1-2H3. The highest BCUT2D eigenvalue weighted by molar-refractivity contribution is 5.56. The predicted octanol–water partition coefficient (Wildman–Crippen LogP) is 4.72. The van der Waals surface area contributed by atoms with Crippen molar-refractivity contribution in [3.05, 3.63) is 73.1 Å². The summed E-state index contributed by atoms with van der Waals surface area (Å²) in [4.78, 5) is 21.2. The molecule has 0 aliphatic heterocycles. The van der Waals surface area contributed by atoms with Crippen LogP contribution in [0.1, 0.15) is 48.5 Å². The molecule has 1 atom stereocenters. The molecule has 0 amide bonds. The van der Waals surface area contributed by atoms with Crippen molar-refractivity contribution in [2.75, 3.05) is 5.32 Å². The van der Waals surface area contributed by atoms with Crippen LogP contribution in [-0.4, -0.2) is 20.5 Å². The molecule has 8 nitrogen and oxygen atoms in total. The van der Waals surface area contributed by atoms with Gasteiger partial charge in [-0.2, -0.15) is 0 Å². The Kier molecular flexibility index (Phi) is 5.52. The molecule has 1 saturated carbocycles. The molecule has 1 unspecified atom stereocenters. The summed E-state index contributed by atoms with van der Waals surface area (Å²) in [7, 11) is 0. The number of aliphatic hydroxyl groups is 1. The van der Waals surface area contributed by atoms with Crippen LogP contribution in [0.15, 0.2) is 30.3 Å². The molecule has 0 spiro atoms. The summed E-state index contributed by atoms with van der Waals surface area (Å²) in [6, 6.07) is 6.64. The maximum atomic E-state index is 14.6. The van der Waals surface area contributed by atoms with Crippen LogP contribution in [0.2, 0.25) is 0 Å². The molecule has 2 aromatic rings. The number of aryl methyl sites for hydroxylation is 1. The van der Waals surface area contributed by atoms with Gasteiger partial charge in [0.25, 0.3) is 11.4 Å². The van der Waals surface area contributed by atoms with E-state index < -0.39 is 27.3 Å². The van der Waals surface area contributed by atoms with Gasteiger partial charge >= 0.3 is 0 Å². The van der Waals surface area contributed by atoms with Crippen LogP contribution in [0.5, 0.6) is 0 Å². The summed E-state index contributed by atoms with van der Waals surface area (Å²) in [6.45, 7) is 3.05. The van der Waals surface area contributed by atoms with Crippen LogP contribution < -0.4 is 5.32 Å². The first kappa shape index (κ1) is 20.7. The first-order valence-corrected chi connectivity index (χ1v) is 9.31. The lowest BCUT2D eigenvalue weighted by Crippen LogP contribution is -2.42. The molecule has 0 aromatic heterocycles. The highest BCUT2D eigenvalue weighted by Gasteiger charge is 2.44. The molecule has 3 rings (SSSR count). The van der Waals surface area contributed by atoms with E-state index in [4.69, 9.17) is 0 Å². The minimum atomic E-state index is -1.32. The van der Waals surface area contributed by atoms with Crippen LogP contribution >= 0.6 is 0 Å². The van der Waals surface area contributed by atoms with E-state index in [0.717, 1.165) is 25.0 Å². The van der Waals surface area contributed by atoms with Gasteiger partial charge in [0, 0.05) is 34.5 Å². The summed E-state index contributed by atoms with van der Waals surface area (Å²) in [6.07, 6.45) is 1.34. The van der Waals surface area contributed by atoms with Gasteiger partial charge in [0.1, 0.15) is 11.9 Å². The monoisotopic (exact) mass is 403 g/mol. The normalized spacial score (nSPS) is 16.4. The van der Waals surface area contributed by atoms with Crippen molar-refractivity contribution in [1.29, 1.82) is 0 Å². The van der Waals surface area contributed by atoms with Gasteiger partial charge in [-0.3, -0.25) is 20.2 Å². The fraction of sp³-hybridized carbons (Fsp3) is 0.400. The van der Waals surface area contributed by atoms with Crippen molar-refractivity contribution in [2.45, 2.75) is 51.2 Å². The molecule has 1 aliphatic rings. The zero-order valence-corrected chi connectivity index (χ0v) is 16.1. The Bertz CT molecular complexity index is 973. The van der Waals surface area contributed by atoms with E-state index in [1.165, 1.54) is 13.0 Å². The molecule has 2 aromatic carbocycles. The third-order valence-electron chi connectivity index (χ3n) is 5.71. The third-order valence-corrected chi connectivity index (χ3v) is 5.71. The number of nitro benzene ring substituents is 2. The Morgan fingerprint density at radius 1 is 1.07 bits per heavy atom. The smallest absolute Gasteiger partial charge is 0.272 e. The van der Waals surface area contributed by atoms with E-state index in [-0.39, 0.29) is 22.5 Å². The van der Waals surface area contributed by atoms with Gasteiger partial charge in [-0.1, -0.05) is 12.8 Å². The Labute approximate surface area is 166 Å². The average molecular weight is 403 g/mol. The van der Waals surface area contributed by atoms with Crippen molar-refractivity contribution >= 4 is 17.1 Å². The number of benzene rings is 2. The molecule has 2 N–H and O–H groups in total. The van der Waals surface area contributed by atoms with Gasteiger partial charge in [0.15, 0.2) is 0 Å². The van der Waals surface area contributed by atoms with E-state index in [9.17, 15) is 29.7 Å². The highest BCUT2D eigenvalue weighted by atomic mass is 19.1. The first-order chi connectivity index (χ1) is 13.7. The fourth-order valence-corrected chi connectivity index (χ4v) is 4.19. The predicted molar refractivity (Wildman–Crippen MR) is 105 cm³/mol. The number of rotatable bonds is 6. The van der Waals surface area contributed by atoms with Gasteiger partial charge in [-0.05, 0) is 44.9 Å². The summed E-state index contributed by atoms with van der Waals surface area (Å²) < 4.78 is 14.6. The van der Waals surface area contributed by atoms with E-state index in [1.54, 1.807) is 19.1 Å². The molecule has 0 bridgehead atoms. The van der Waals surface area contributed by atoms with Crippen molar-refractivity contribution in [2.24, 2.45) is 0 Å². The highest BCUT2D eigenvalue weighted by Crippen LogP contribution is 2.45. The lowest BCUT2D eigenvalue weighted by molar-refractivity contribution is -0.385. The van der Waals surface area contributed by atoms with Crippen molar-refractivity contribution in [1.82, 2.24) is 0 Å². The van der Waals surface area contributed by atoms with E-state index in [0.29, 0.717) is 24.1 Å². The molecular weight excluding hydrogens is 381 g/mol. The zero-order valence-electron chi connectivity index (χ0n) is 16.1. The fourth-order valence-electron chi connectivity index (χ4n) is 4.19. The SMILES string of the molecule is Cc1cc(NC2(C(O)c3c(F)ccc([N+](=O)[O-])c3C)CCCC2)ccc1[N+](=O)[O-]. The van der Waals surface area contributed by atoms with Gasteiger partial charge in [-0.25, -0.2) is 4.39 Å². The van der Waals surface area contributed by atoms with Gasteiger partial charge in [0.2, 0.25) is 0 Å². The lowest BCUT2D eigenvalue weighted by atomic mass is 9.83. The van der Waals surface area contributed by atoms with Crippen molar-refractivity contribution < 1.29 is 19.3 Å². The maximum Gasteiger partial charge on any atom is 0.272 e. The Balaban J connectivity index is 2.02. The Morgan fingerprint density at radius 2 is 1.66 bits per heavy atom. The summed E-state index contributed by atoms with van der Waals surface area (Å²) in [5.74, 6) is -0.700.